The molecule has 5 nitrogen and oxygen atoms in total. The van der Waals surface area contributed by atoms with Crippen LogP contribution in [0.25, 0.3) is 0 Å². The highest BCUT2D eigenvalue weighted by molar-refractivity contribution is 9.10. The van der Waals surface area contributed by atoms with Crippen LogP contribution in [-0.4, -0.2) is 20.2 Å². The topological polar surface area (TPSA) is 55.6 Å². The third kappa shape index (κ3) is 2.71. The number of hydrogen-bond donors (Lipinski definition) is 1. The van der Waals surface area contributed by atoms with Crippen LogP contribution >= 0.6 is 15.9 Å². The zero-order chi connectivity index (χ0) is 16.7. The van der Waals surface area contributed by atoms with Crippen LogP contribution in [0.5, 0.6) is 0 Å². The molecule has 0 bridgehead atoms. The van der Waals surface area contributed by atoms with E-state index in [0.29, 0.717) is 0 Å². The van der Waals surface area contributed by atoms with Crippen molar-refractivity contribution >= 4 is 21.9 Å². The largest absolute Gasteiger partial charge is 0.346 e. The van der Waals surface area contributed by atoms with Gasteiger partial charge in [-0.15, -0.1) is 0 Å². The number of aryl methyl sites for hydroxylation is 2. The Morgan fingerprint density at radius 1 is 1.04 bits per heavy atom. The number of hydrogen-bond acceptors (Lipinski definition) is 4. The van der Waals surface area contributed by atoms with Crippen molar-refractivity contribution in [1.29, 1.82) is 0 Å². The second-order valence-corrected chi connectivity index (χ2v) is 7.21. The molecular formula is C18H18BrN5. The van der Waals surface area contributed by atoms with Crippen molar-refractivity contribution < 1.29 is 0 Å². The average molecular weight is 384 g/mol. The Kier molecular flexibility index (Phi) is 3.84. The summed E-state index contributed by atoms with van der Waals surface area (Å²) < 4.78 is 2.95. The summed E-state index contributed by atoms with van der Waals surface area (Å²) in [5.74, 6) is 0.720. The molecule has 0 aliphatic carbocycles. The Morgan fingerprint density at radius 3 is 2.54 bits per heavy atom. The van der Waals surface area contributed by atoms with Crippen LogP contribution in [0, 0.1) is 13.8 Å². The van der Waals surface area contributed by atoms with Gasteiger partial charge in [0.2, 0.25) is 5.95 Å². The molecule has 0 fully saturated rings. The molecule has 1 aliphatic heterocycles. The minimum absolute atomic E-state index is 0.121. The van der Waals surface area contributed by atoms with Gasteiger partial charge in [-0.25, -0.2) is 4.68 Å². The number of rotatable bonds is 2. The molecule has 6 heteroatoms. The molecule has 0 amide bonds. The van der Waals surface area contributed by atoms with Crippen molar-refractivity contribution in [1.82, 2.24) is 20.2 Å². The second-order valence-electron chi connectivity index (χ2n) is 6.29. The number of benzene rings is 2. The first-order valence-corrected chi connectivity index (χ1v) is 8.78. The molecule has 24 heavy (non-hydrogen) atoms. The molecule has 0 unspecified atom stereocenters. The van der Waals surface area contributed by atoms with Crippen LogP contribution in [0.2, 0.25) is 0 Å². The van der Waals surface area contributed by atoms with E-state index in [0.717, 1.165) is 16.8 Å². The van der Waals surface area contributed by atoms with Gasteiger partial charge in [0.25, 0.3) is 0 Å². The lowest BCUT2D eigenvalue weighted by atomic mass is 9.92. The summed E-state index contributed by atoms with van der Waals surface area (Å²) in [5.41, 5.74) is 5.10. The number of fused-ring (bicyclic) bond motifs is 1. The molecule has 3 aromatic rings. The fraction of sp³-hybridized carbons (Fsp3) is 0.278. The summed E-state index contributed by atoms with van der Waals surface area (Å²) in [6, 6.07) is 15.3. The second kappa shape index (κ2) is 6.02. The lowest BCUT2D eigenvalue weighted by Crippen LogP contribution is -2.28. The first kappa shape index (κ1) is 15.3. The highest BCUT2D eigenvalue weighted by Crippen LogP contribution is 2.37. The molecule has 0 spiro atoms. The number of tetrazole rings is 1. The molecule has 1 N–H and O–H groups in total. The lowest BCUT2D eigenvalue weighted by molar-refractivity contribution is 0.423. The van der Waals surface area contributed by atoms with E-state index in [1.807, 2.05) is 4.68 Å². The Hall–Kier alpha value is -2.21. The van der Waals surface area contributed by atoms with E-state index < -0.39 is 0 Å². The van der Waals surface area contributed by atoms with E-state index in [9.17, 15) is 0 Å². The Labute approximate surface area is 149 Å². The number of nitrogens with one attached hydrogen (secondary N) is 1. The van der Waals surface area contributed by atoms with Crippen LogP contribution in [0.4, 0.5) is 5.95 Å². The third-order valence-electron chi connectivity index (χ3n) is 4.74. The van der Waals surface area contributed by atoms with Crippen LogP contribution in [-0.2, 0) is 0 Å². The number of anilines is 1. The minimum Gasteiger partial charge on any atom is -0.346 e. The number of halogens is 1. The zero-order valence-electron chi connectivity index (χ0n) is 13.6. The van der Waals surface area contributed by atoms with Gasteiger partial charge in [-0.05, 0) is 65.1 Å². The Bertz CT molecular complexity index is 871. The normalized spacial score (nSPS) is 19.6. The summed E-state index contributed by atoms with van der Waals surface area (Å²) in [6.45, 7) is 4.29. The van der Waals surface area contributed by atoms with Gasteiger partial charge in [0.15, 0.2) is 0 Å². The molecule has 0 radical (unpaired) electrons. The minimum atomic E-state index is 0.121. The van der Waals surface area contributed by atoms with Crippen molar-refractivity contribution in [3.8, 4) is 0 Å². The SMILES string of the molecule is Cc1ccc([C@H]2C[C@@H](c3ccc(Br)cc3)n3nnnc3N2)cc1C. The fourth-order valence-electron chi connectivity index (χ4n) is 3.20. The van der Waals surface area contributed by atoms with Gasteiger partial charge < -0.3 is 5.32 Å². The summed E-state index contributed by atoms with van der Waals surface area (Å²) in [6.07, 6.45) is 0.905. The molecule has 0 saturated heterocycles. The molecule has 1 aliphatic rings. The monoisotopic (exact) mass is 383 g/mol. The molecule has 2 aromatic carbocycles. The first-order chi connectivity index (χ1) is 11.6. The molecular weight excluding hydrogens is 366 g/mol. The fourth-order valence-corrected chi connectivity index (χ4v) is 3.46. The van der Waals surface area contributed by atoms with Crippen LogP contribution < -0.4 is 5.32 Å². The van der Waals surface area contributed by atoms with Crippen LogP contribution in [0.3, 0.4) is 0 Å². The third-order valence-corrected chi connectivity index (χ3v) is 5.27. The van der Waals surface area contributed by atoms with E-state index in [2.05, 4.69) is 93.1 Å². The predicted molar refractivity (Wildman–Crippen MR) is 97.0 cm³/mol. The molecule has 0 saturated carbocycles. The van der Waals surface area contributed by atoms with Crippen LogP contribution in [0.1, 0.15) is 40.8 Å². The van der Waals surface area contributed by atoms with Crippen LogP contribution in [0.15, 0.2) is 46.9 Å². The van der Waals surface area contributed by atoms with Crippen molar-refractivity contribution in [3.05, 3.63) is 69.2 Å². The van der Waals surface area contributed by atoms with Gasteiger partial charge in [-0.1, -0.05) is 51.4 Å². The van der Waals surface area contributed by atoms with E-state index in [1.165, 1.54) is 22.3 Å². The molecule has 2 heterocycles. The van der Waals surface area contributed by atoms with E-state index in [-0.39, 0.29) is 12.1 Å². The molecule has 4 rings (SSSR count). The average Bonchev–Trinajstić information content (AvgIpc) is 3.06. The summed E-state index contributed by atoms with van der Waals surface area (Å²) in [4.78, 5) is 0. The standard InChI is InChI=1S/C18H18BrN5/c1-11-3-4-14(9-12(11)2)16-10-17(13-5-7-15(19)8-6-13)24-18(20-16)21-22-23-24/h3-9,16-17H,10H2,1-2H3,(H,20,21,23)/t16-,17+/m1/s1. The maximum absolute atomic E-state index is 4.18. The van der Waals surface area contributed by atoms with Gasteiger partial charge in [0.1, 0.15) is 0 Å². The maximum Gasteiger partial charge on any atom is 0.243 e. The highest BCUT2D eigenvalue weighted by Gasteiger charge is 2.30. The molecule has 1 aromatic heterocycles. The van der Waals surface area contributed by atoms with Crippen molar-refractivity contribution in [2.24, 2.45) is 0 Å². The first-order valence-electron chi connectivity index (χ1n) is 7.99. The van der Waals surface area contributed by atoms with E-state index in [1.54, 1.807) is 0 Å². The Morgan fingerprint density at radius 2 is 1.79 bits per heavy atom. The molecule has 122 valence electrons. The number of nitrogens with zero attached hydrogens (tertiary/aromatic N) is 4. The summed E-state index contributed by atoms with van der Waals surface area (Å²) in [5, 5.41) is 15.6. The number of aromatic nitrogens is 4. The zero-order valence-corrected chi connectivity index (χ0v) is 15.2. The lowest BCUT2D eigenvalue weighted by Gasteiger charge is -2.31. The van der Waals surface area contributed by atoms with Crippen molar-refractivity contribution in [2.75, 3.05) is 5.32 Å². The van der Waals surface area contributed by atoms with Gasteiger partial charge in [0, 0.05) is 4.47 Å². The van der Waals surface area contributed by atoms with Gasteiger partial charge in [-0.3, -0.25) is 0 Å². The Balaban J connectivity index is 1.72. The van der Waals surface area contributed by atoms with Crippen molar-refractivity contribution in [3.63, 3.8) is 0 Å². The maximum atomic E-state index is 4.18. The van der Waals surface area contributed by atoms with Crippen molar-refractivity contribution in [2.45, 2.75) is 32.4 Å². The smallest absolute Gasteiger partial charge is 0.243 e. The highest BCUT2D eigenvalue weighted by atomic mass is 79.9. The summed E-state index contributed by atoms with van der Waals surface area (Å²) >= 11 is 3.50. The van der Waals surface area contributed by atoms with Gasteiger partial charge in [-0.2, -0.15) is 0 Å². The van der Waals surface area contributed by atoms with E-state index >= 15 is 0 Å². The molecule has 2 atom stereocenters. The van der Waals surface area contributed by atoms with Gasteiger partial charge in [0.05, 0.1) is 12.1 Å². The predicted octanol–water partition coefficient (Wildman–Crippen LogP) is 4.20. The summed E-state index contributed by atoms with van der Waals surface area (Å²) in [7, 11) is 0. The van der Waals surface area contributed by atoms with E-state index in [4.69, 9.17) is 0 Å². The quantitative estimate of drug-likeness (QED) is 0.720. The van der Waals surface area contributed by atoms with Gasteiger partial charge >= 0.3 is 0 Å².